The molecule has 4 heteroatoms. The highest BCUT2D eigenvalue weighted by Gasteiger charge is 2.33. The molecule has 0 amide bonds. The summed E-state index contributed by atoms with van der Waals surface area (Å²) in [4.78, 5) is 11.8. The van der Waals surface area contributed by atoms with E-state index in [1.54, 1.807) is 7.11 Å². The van der Waals surface area contributed by atoms with Crippen molar-refractivity contribution < 1.29 is 14.3 Å². The minimum Gasteiger partial charge on any atom is -0.497 e. The first-order valence-electron chi connectivity index (χ1n) is 6.64. The van der Waals surface area contributed by atoms with Crippen LogP contribution in [0.1, 0.15) is 25.8 Å². The maximum Gasteiger partial charge on any atom is 0.349 e. The Bertz CT molecular complexity index is 646. The van der Waals surface area contributed by atoms with Crippen molar-refractivity contribution in [1.82, 2.24) is 0 Å². The van der Waals surface area contributed by atoms with Gasteiger partial charge in [0.1, 0.15) is 23.0 Å². The van der Waals surface area contributed by atoms with E-state index in [0.717, 1.165) is 11.3 Å². The lowest BCUT2D eigenvalue weighted by Crippen LogP contribution is -2.33. The van der Waals surface area contributed by atoms with E-state index in [2.05, 4.69) is 0 Å². The number of hydrogen-bond acceptors (Lipinski definition) is 4. The summed E-state index contributed by atoms with van der Waals surface area (Å²) in [5.74, 6) is 0.231. The van der Waals surface area contributed by atoms with Crippen LogP contribution in [0.15, 0.2) is 41.5 Å². The zero-order chi connectivity index (χ0) is 15.5. The van der Waals surface area contributed by atoms with E-state index >= 15 is 0 Å². The zero-order valence-corrected chi connectivity index (χ0v) is 12.3. The maximum absolute atomic E-state index is 11.8. The lowest BCUT2D eigenvalue weighted by Gasteiger charge is -2.30. The molecule has 0 aliphatic carbocycles. The number of nitrogens with zero attached hydrogens (tertiary/aromatic N) is 1. The molecule has 1 aromatic carbocycles. The molecule has 1 aliphatic rings. The van der Waals surface area contributed by atoms with Crippen LogP contribution in [0.5, 0.6) is 5.75 Å². The smallest absolute Gasteiger partial charge is 0.349 e. The molecule has 0 atom stereocenters. The second-order valence-corrected chi connectivity index (χ2v) is 5.44. The van der Waals surface area contributed by atoms with Crippen molar-refractivity contribution in [3.63, 3.8) is 0 Å². The van der Waals surface area contributed by atoms with Crippen molar-refractivity contribution in [2.45, 2.75) is 25.9 Å². The minimum atomic E-state index is -0.586. The Labute approximate surface area is 124 Å². The number of cyclic esters (lactones) is 1. The zero-order valence-electron chi connectivity index (χ0n) is 12.3. The van der Waals surface area contributed by atoms with Gasteiger partial charge < -0.3 is 9.47 Å². The monoisotopic (exact) mass is 283 g/mol. The molecule has 1 aliphatic heterocycles. The van der Waals surface area contributed by atoms with Gasteiger partial charge in [0.15, 0.2) is 0 Å². The molecule has 0 aromatic heterocycles. The van der Waals surface area contributed by atoms with E-state index in [1.807, 2.05) is 56.3 Å². The molecule has 0 bridgehead atoms. The van der Waals surface area contributed by atoms with Gasteiger partial charge in [0.05, 0.1) is 7.11 Å². The minimum absolute atomic E-state index is 0.0825. The lowest BCUT2D eigenvalue weighted by atomic mass is 9.91. The third-order valence-electron chi connectivity index (χ3n) is 3.21. The number of benzene rings is 1. The number of methoxy groups -OCH3 is 1. The van der Waals surface area contributed by atoms with E-state index in [0.29, 0.717) is 12.0 Å². The van der Waals surface area contributed by atoms with Gasteiger partial charge in [0.2, 0.25) is 0 Å². The first-order chi connectivity index (χ1) is 9.95. The van der Waals surface area contributed by atoms with E-state index < -0.39 is 11.6 Å². The summed E-state index contributed by atoms with van der Waals surface area (Å²) in [6, 6.07) is 9.47. The van der Waals surface area contributed by atoms with Crippen LogP contribution in [0.3, 0.4) is 0 Å². The lowest BCUT2D eigenvalue weighted by molar-refractivity contribution is -0.152. The fourth-order valence-electron chi connectivity index (χ4n) is 2.19. The van der Waals surface area contributed by atoms with Gasteiger partial charge in [-0.2, -0.15) is 5.26 Å². The summed E-state index contributed by atoms with van der Waals surface area (Å²) in [7, 11) is 1.62. The van der Waals surface area contributed by atoms with Crippen LogP contribution in [-0.4, -0.2) is 18.7 Å². The van der Waals surface area contributed by atoms with Crippen molar-refractivity contribution in [3.8, 4) is 11.8 Å². The van der Waals surface area contributed by atoms with Gasteiger partial charge in [-0.25, -0.2) is 4.79 Å². The Morgan fingerprint density at radius 1 is 1.29 bits per heavy atom. The van der Waals surface area contributed by atoms with Crippen LogP contribution < -0.4 is 4.74 Å². The number of esters is 1. The van der Waals surface area contributed by atoms with Crippen molar-refractivity contribution >= 4 is 12.0 Å². The summed E-state index contributed by atoms with van der Waals surface area (Å²) in [6.07, 6.45) is 4.21. The van der Waals surface area contributed by atoms with Gasteiger partial charge in [-0.1, -0.05) is 24.3 Å². The van der Waals surface area contributed by atoms with Crippen molar-refractivity contribution in [3.05, 3.63) is 47.1 Å². The highest BCUT2D eigenvalue weighted by atomic mass is 16.6. The van der Waals surface area contributed by atoms with Crippen molar-refractivity contribution in [2.75, 3.05) is 7.11 Å². The Balaban J connectivity index is 2.28. The van der Waals surface area contributed by atoms with Crippen LogP contribution >= 0.6 is 0 Å². The summed E-state index contributed by atoms with van der Waals surface area (Å²) in [5.41, 5.74) is 1.17. The van der Waals surface area contributed by atoms with Crippen LogP contribution in [0, 0.1) is 11.3 Å². The highest BCUT2D eigenvalue weighted by Crippen LogP contribution is 2.30. The van der Waals surface area contributed by atoms with Gasteiger partial charge in [0.25, 0.3) is 0 Å². The largest absolute Gasteiger partial charge is 0.497 e. The molecule has 108 valence electrons. The van der Waals surface area contributed by atoms with Gasteiger partial charge in [-0.05, 0) is 37.1 Å². The molecule has 0 fully saturated rings. The topological polar surface area (TPSA) is 59.3 Å². The quantitative estimate of drug-likeness (QED) is 0.799. The Kier molecular flexibility index (Phi) is 4.13. The van der Waals surface area contributed by atoms with Gasteiger partial charge in [-0.3, -0.25) is 0 Å². The number of hydrogen-bond donors (Lipinski definition) is 0. The first kappa shape index (κ1) is 14.9. The Morgan fingerprint density at radius 2 is 1.95 bits per heavy atom. The van der Waals surface area contributed by atoms with E-state index in [4.69, 9.17) is 14.7 Å². The SMILES string of the molecule is COc1ccc(/C=C/C2=C(C#N)C(=O)OC(C)(C)C2)cc1. The molecule has 0 saturated carbocycles. The van der Waals surface area contributed by atoms with Crippen LogP contribution in [-0.2, 0) is 9.53 Å². The van der Waals surface area contributed by atoms with Crippen molar-refractivity contribution in [2.24, 2.45) is 0 Å². The average Bonchev–Trinajstić information content (AvgIpc) is 2.44. The highest BCUT2D eigenvalue weighted by molar-refractivity contribution is 5.95. The Hall–Kier alpha value is -2.54. The number of allylic oxidation sites excluding steroid dienone is 1. The molecule has 1 heterocycles. The second kappa shape index (κ2) is 5.84. The third-order valence-corrected chi connectivity index (χ3v) is 3.21. The molecule has 0 N–H and O–H groups in total. The molecule has 2 rings (SSSR count). The predicted octanol–water partition coefficient (Wildman–Crippen LogP) is 3.25. The Morgan fingerprint density at radius 3 is 2.52 bits per heavy atom. The molecule has 4 nitrogen and oxygen atoms in total. The van der Waals surface area contributed by atoms with Crippen LogP contribution in [0.25, 0.3) is 6.08 Å². The van der Waals surface area contributed by atoms with E-state index in [-0.39, 0.29) is 5.57 Å². The number of nitriles is 1. The fraction of sp³-hybridized carbons (Fsp3) is 0.294. The predicted molar refractivity (Wildman–Crippen MR) is 79.5 cm³/mol. The molecule has 0 saturated heterocycles. The third kappa shape index (κ3) is 3.51. The molecule has 0 spiro atoms. The molecule has 1 aromatic rings. The van der Waals surface area contributed by atoms with Gasteiger partial charge in [0, 0.05) is 6.42 Å². The van der Waals surface area contributed by atoms with Crippen molar-refractivity contribution in [1.29, 1.82) is 5.26 Å². The van der Waals surface area contributed by atoms with E-state index in [1.165, 1.54) is 0 Å². The standard InChI is InChI=1S/C17H17NO3/c1-17(2)10-13(15(11-18)16(19)21-17)7-4-12-5-8-14(20-3)9-6-12/h4-9H,10H2,1-3H3/b7-4+. The molecule has 0 radical (unpaired) electrons. The maximum atomic E-state index is 11.8. The normalized spacial score (nSPS) is 17.5. The number of ether oxygens (including phenoxy) is 2. The summed E-state index contributed by atoms with van der Waals surface area (Å²) < 4.78 is 10.3. The number of carbonyl (C=O) groups excluding carboxylic acids is 1. The molecule has 0 unspecified atom stereocenters. The fourth-order valence-corrected chi connectivity index (χ4v) is 2.19. The number of carbonyl (C=O) groups is 1. The molecule has 21 heavy (non-hydrogen) atoms. The van der Waals surface area contributed by atoms with Crippen LogP contribution in [0.4, 0.5) is 0 Å². The summed E-state index contributed by atoms with van der Waals surface area (Å²) in [5, 5.41) is 9.11. The summed E-state index contributed by atoms with van der Waals surface area (Å²) in [6.45, 7) is 3.67. The van der Waals surface area contributed by atoms with Crippen LogP contribution in [0.2, 0.25) is 0 Å². The second-order valence-electron chi connectivity index (χ2n) is 5.44. The van der Waals surface area contributed by atoms with Gasteiger partial charge in [-0.15, -0.1) is 0 Å². The average molecular weight is 283 g/mol. The number of rotatable bonds is 3. The van der Waals surface area contributed by atoms with E-state index in [9.17, 15) is 4.79 Å². The summed E-state index contributed by atoms with van der Waals surface area (Å²) >= 11 is 0. The first-order valence-corrected chi connectivity index (χ1v) is 6.64. The molecular weight excluding hydrogens is 266 g/mol. The molecular formula is C17H17NO3. The van der Waals surface area contributed by atoms with Gasteiger partial charge >= 0.3 is 5.97 Å².